The van der Waals surface area contributed by atoms with Gasteiger partial charge in [-0.3, -0.25) is 4.79 Å². The number of esters is 2. The number of hydrogen-bond donors (Lipinski definition) is 0. The molecule has 0 N–H and O–H groups in total. The molecule has 2 unspecified atom stereocenters. The maximum Gasteiger partial charge on any atom is 0.347 e. The fraction of sp³-hybridized carbons (Fsp3) is 0.826. The van der Waals surface area contributed by atoms with Crippen LogP contribution in [-0.2, 0) is 19.1 Å². The molecule has 0 rings (SSSR count). The molecule has 0 radical (unpaired) electrons. The van der Waals surface area contributed by atoms with Crippen molar-refractivity contribution in [1.29, 1.82) is 0 Å². The third-order valence-electron chi connectivity index (χ3n) is 5.27. The topological polar surface area (TPSA) is 52.6 Å². The highest BCUT2D eigenvalue weighted by Gasteiger charge is 2.36. The molecule has 4 heteroatoms. The van der Waals surface area contributed by atoms with Gasteiger partial charge in [-0.15, -0.1) is 0 Å². The van der Waals surface area contributed by atoms with E-state index in [2.05, 4.69) is 33.8 Å². The average molecular weight is 383 g/mol. The van der Waals surface area contributed by atoms with E-state index < -0.39 is 17.5 Å². The lowest BCUT2D eigenvalue weighted by atomic mass is 9.79. The van der Waals surface area contributed by atoms with E-state index in [9.17, 15) is 9.59 Å². The van der Waals surface area contributed by atoms with Crippen molar-refractivity contribution in [3.63, 3.8) is 0 Å². The van der Waals surface area contributed by atoms with E-state index in [1.807, 2.05) is 27.7 Å². The minimum Gasteiger partial charge on any atom is -0.463 e. The highest BCUT2D eigenvalue weighted by Crippen LogP contribution is 2.33. The van der Waals surface area contributed by atoms with Crippen LogP contribution in [0.2, 0.25) is 0 Å². The molecule has 0 aliphatic carbocycles. The summed E-state index contributed by atoms with van der Waals surface area (Å²) in [5, 5.41) is 0. The summed E-state index contributed by atoms with van der Waals surface area (Å²) in [5.41, 5.74) is 0.733. The fourth-order valence-corrected chi connectivity index (χ4v) is 3.39. The molecular weight excluding hydrogens is 340 g/mol. The Labute approximate surface area is 167 Å². The largest absolute Gasteiger partial charge is 0.463 e. The maximum atomic E-state index is 12.8. The molecule has 0 fully saturated rings. The molecule has 0 amide bonds. The molecule has 0 saturated carbocycles. The van der Waals surface area contributed by atoms with Crippen LogP contribution in [0.5, 0.6) is 0 Å². The van der Waals surface area contributed by atoms with Crippen molar-refractivity contribution in [3.8, 4) is 0 Å². The minimum atomic E-state index is -0.849. The Morgan fingerprint density at radius 3 is 1.96 bits per heavy atom. The SMILES string of the molecule is CCOC(=O)C(OC(=O)C(C)(C)CC(C)/C(=C/C(CC)CC)CC)C(C)C. The first-order chi connectivity index (χ1) is 12.5. The van der Waals surface area contributed by atoms with E-state index in [0.29, 0.717) is 18.3 Å². The fourth-order valence-electron chi connectivity index (χ4n) is 3.39. The van der Waals surface area contributed by atoms with Crippen LogP contribution in [0.15, 0.2) is 11.6 Å². The zero-order chi connectivity index (χ0) is 21.2. The molecule has 2 atom stereocenters. The van der Waals surface area contributed by atoms with Crippen LogP contribution in [-0.4, -0.2) is 24.6 Å². The number of carbonyl (C=O) groups is 2. The second-order valence-electron chi connectivity index (χ2n) is 8.48. The molecule has 4 nitrogen and oxygen atoms in total. The van der Waals surface area contributed by atoms with Gasteiger partial charge in [-0.25, -0.2) is 4.79 Å². The van der Waals surface area contributed by atoms with Crippen LogP contribution in [0.1, 0.15) is 88.0 Å². The predicted octanol–water partition coefficient (Wildman–Crippen LogP) is 5.94. The van der Waals surface area contributed by atoms with Gasteiger partial charge >= 0.3 is 11.9 Å². The summed E-state index contributed by atoms with van der Waals surface area (Å²) in [6, 6.07) is 0. The molecule has 0 aromatic carbocycles. The molecule has 0 bridgehead atoms. The van der Waals surface area contributed by atoms with E-state index >= 15 is 0 Å². The first-order valence-electron chi connectivity index (χ1n) is 10.6. The lowest BCUT2D eigenvalue weighted by molar-refractivity contribution is -0.177. The number of ether oxygens (including phenoxy) is 2. The first kappa shape index (κ1) is 25.7. The molecule has 0 aliphatic heterocycles. The molecule has 0 spiro atoms. The summed E-state index contributed by atoms with van der Waals surface area (Å²) < 4.78 is 10.7. The number of hydrogen-bond acceptors (Lipinski definition) is 4. The number of rotatable bonds is 12. The Balaban J connectivity index is 5.20. The first-order valence-corrected chi connectivity index (χ1v) is 10.6. The second-order valence-corrected chi connectivity index (χ2v) is 8.48. The van der Waals surface area contributed by atoms with Crippen molar-refractivity contribution in [2.75, 3.05) is 6.61 Å². The van der Waals surface area contributed by atoms with Crippen LogP contribution in [0.3, 0.4) is 0 Å². The summed E-state index contributed by atoms with van der Waals surface area (Å²) in [6.45, 7) is 18.3. The van der Waals surface area contributed by atoms with Gasteiger partial charge in [-0.1, -0.05) is 53.2 Å². The van der Waals surface area contributed by atoms with Gasteiger partial charge in [0.05, 0.1) is 12.0 Å². The quantitative estimate of drug-likeness (QED) is 0.309. The van der Waals surface area contributed by atoms with Gasteiger partial charge in [0.2, 0.25) is 6.10 Å². The van der Waals surface area contributed by atoms with Gasteiger partial charge in [0, 0.05) is 5.92 Å². The van der Waals surface area contributed by atoms with Crippen LogP contribution in [0.25, 0.3) is 0 Å². The molecule has 0 saturated heterocycles. The molecule has 27 heavy (non-hydrogen) atoms. The molecular formula is C23H42O4. The predicted molar refractivity (Wildman–Crippen MR) is 111 cm³/mol. The van der Waals surface area contributed by atoms with E-state index in [4.69, 9.17) is 9.47 Å². The maximum absolute atomic E-state index is 12.8. The van der Waals surface area contributed by atoms with Crippen molar-refractivity contribution in [1.82, 2.24) is 0 Å². The van der Waals surface area contributed by atoms with Crippen LogP contribution in [0.4, 0.5) is 0 Å². The molecule has 0 aromatic rings. The molecule has 0 aliphatic rings. The smallest absolute Gasteiger partial charge is 0.347 e. The van der Waals surface area contributed by atoms with E-state index in [1.54, 1.807) is 6.92 Å². The summed E-state index contributed by atoms with van der Waals surface area (Å²) >= 11 is 0. The molecule has 0 aromatic heterocycles. The van der Waals surface area contributed by atoms with E-state index in [1.165, 1.54) is 5.57 Å². The Morgan fingerprint density at radius 2 is 1.56 bits per heavy atom. The van der Waals surface area contributed by atoms with Crippen molar-refractivity contribution in [3.05, 3.63) is 11.6 Å². The highest BCUT2D eigenvalue weighted by molar-refractivity contribution is 5.82. The van der Waals surface area contributed by atoms with E-state index in [-0.39, 0.29) is 18.5 Å². The third kappa shape index (κ3) is 8.49. The van der Waals surface area contributed by atoms with E-state index in [0.717, 1.165) is 19.3 Å². The summed E-state index contributed by atoms with van der Waals surface area (Å²) in [6.07, 6.45) is 5.49. The lowest BCUT2D eigenvalue weighted by Crippen LogP contribution is -2.39. The van der Waals surface area contributed by atoms with Gasteiger partial charge in [-0.05, 0) is 58.3 Å². The zero-order valence-corrected chi connectivity index (χ0v) is 19.1. The normalized spacial score (nSPS) is 15.0. The Hall–Kier alpha value is -1.32. The van der Waals surface area contributed by atoms with Gasteiger partial charge in [0.25, 0.3) is 0 Å². The minimum absolute atomic E-state index is 0.123. The Morgan fingerprint density at radius 1 is 1.00 bits per heavy atom. The van der Waals surface area contributed by atoms with Crippen LogP contribution < -0.4 is 0 Å². The summed E-state index contributed by atoms with van der Waals surface area (Å²) in [4.78, 5) is 24.9. The molecule has 0 heterocycles. The van der Waals surface area contributed by atoms with Crippen molar-refractivity contribution >= 4 is 11.9 Å². The third-order valence-corrected chi connectivity index (χ3v) is 5.27. The standard InChI is InChI=1S/C23H42O4/c1-10-18(11-2)14-19(12-3)17(7)15-23(8,9)22(25)27-20(16(5)6)21(24)26-13-4/h14,16-18,20H,10-13,15H2,1-9H3/b19-14+. The van der Waals surface area contributed by atoms with Crippen molar-refractivity contribution < 1.29 is 19.1 Å². The highest BCUT2D eigenvalue weighted by atomic mass is 16.6. The molecule has 158 valence electrons. The Bertz CT molecular complexity index is 487. The Kier molecular flexibility index (Phi) is 11.6. The van der Waals surface area contributed by atoms with Crippen LogP contribution >= 0.6 is 0 Å². The van der Waals surface area contributed by atoms with Gasteiger partial charge < -0.3 is 9.47 Å². The summed E-state index contributed by atoms with van der Waals surface area (Å²) in [5.74, 6) is -0.0429. The average Bonchev–Trinajstić information content (AvgIpc) is 2.59. The zero-order valence-electron chi connectivity index (χ0n) is 19.1. The second kappa shape index (κ2) is 12.2. The van der Waals surface area contributed by atoms with Crippen molar-refractivity contribution in [2.45, 2.75) is 94.1 Å². The van der Waals surface area contributed by atoms with Gasteiger partial charge in [0.1, 0.15) is 0 Å². The lowest BCUT2D eigenvalue weighted by Gasteiger charge is -2.30. The number of allylic oxidation sites excluding steroid dienone is 2. The van der Waals surface area contributed by atoms with Crippen LogP contribution in [0, 0.1) is 23.2 Å². The van der Waals surface area contributed by atoms with Gasteiger partial charge in [0.15, 0.2) is 0 Å². The van der Waals surface area contributed by atoms with Gasteiger partial charge in [-0.2, -0.15) is 0 Å². The van der Waals surface area contributed by atoms with Crippen molar-refractivity contribution in [2.24, 2.45) is 23.2 Å². The monoisotopic (exact) mass is 382 g/mol. The number of carbonyl (C=O) groups excluding carboxylic acids is 2. The summed E-state index contributed by atoms with van der Waals surface area (Å²) in [7, 11) is 0.